The monoisotopic (exact) mass is 246 g/mol. The molecule has 0 bridgehead atoms. The summed E-state index contributed by atoms with van der Waals surface area (Å²) in [6.07, 6.45) is 1.12. The van der Waals surface area contributed by atoms with E-state index in [1.807, 2.05) is 0 Å². The highest BCUT2D eigenvalue weighted by Gasteiger charge is 2.19. The molecule has 0 fully saturated rings. The van der Waals surface area contributed by atoms with E-state index in [0.717, 1.165) is 32.7 Å². The zero-order valence-electron chi connectivity index (χ0n) is 12.1. The third-order valence-electron chi connectivity index (χ3n) is 3.43. The van der Waals surface area contributed by atoms with Crippen LogP contribution in [0.5, 0.6) is 0 Å². The number of hydrogen-bond acceptors (Lipinski definition) is 4. The summed E-state index contributed by atoms with van der Waals surface area (Å²) in [5.74, 6) is 0.551. The van der Waals surface area contributed by atoms with Crippen LogP contribution in [-0.4, -0.2) is 57.5 Å². The highest BCUT2D eigenvalue weighted by molar-refractivity contribution is 4.76. The molecule has 0 amide bonds. The average Bonchev–Trinajstić information content (AvgIpc) is 2.33. The van der Waals surface area contributed by atoms with E-state index in [9.17, 15) is 0 Å². The quantitative estimate of drug-likeness (QED) is 0.632. The summed E-state index contributed by atoms with van der Waals surface area (Å²) in [7, 11) is 3.47. The number of hydrogen-bond donors (Lipinski definition) is 1. The van der Waals surface area contributed by atoms with E-state index in [-0.39, 0.29) is 6.04 Å². The molecule has 0 aliphatic heterocycles. The molecule has 17 heavy (non-hydrogen) atoms. The molecule has 0 aromatic carbocycles. The Morgan fingerprint density at radius 2 is 1.82 bits per heavy atom. The largest absolute Gasteiger partial charge is 0.383 e. The summed E-state index contributed by atoms with van der Waals surface area (Å²) in [5, 5.41) is 0. The summed E-state index contributed by atoms with van der Waals surface area (Å²) in [5.41, 5.74) is 6.21. The second-order valence-electron chi connectivity index (χ2n) is 4.84. The fourth-order valence-electron chi connectivity index (χ4n) is 1.80. The number of methoxy groups -OCH3 is 2. The van der Waals surface area contributed by atoms with Gasteiger partial charge in [-0.2, -0.15) is 0 Å². The summed E-state index contributed by atoms with van der Waals surface area (Å²) >= 11 is 0. The molecule has 0 aromatic heterocycles. The van der Waals surface area contributed by atoms with Crippen molar-refractivity contribution in [1.82, 2.24) is 4.90 Å². The van der Waals surface area contributed by atoms with E-state index in [1.165, 1.54) is 0 Å². The van der Waals surface area contributed by atoms with Crippen molar-refractivity contribution in [2.24, 2.45) is 11.7 Å². The molecule has 0 saturated carbocycles. The molecule has 3 unspecified atom stereocenters. The zero-order valence-corrected chi connectivity index (χ0v) is 12.1. The molecule has 0 spiro atoms. The van der Waals surface area contributed by atoms with Crippen molar-refractivity contribution in [3.63, 3.8) is 0 Å². The first-order valence-electron chi connectivity index (χ1n) is 6.54. The van der Waals surface area contributed by atoms with Crippen LogP contribution in [0.25, 0.3) is 0 Å². The second kappa shape index (κ2) is 9.83. The average molecular weight is 246 g/mol. The number of rotatable bonds is 10. The molecular weight excluding hydrogens is 216 g/mol. The van der Waals surface area contributed by atoms with Gasteiger partial charge in [-0.05, 0) is 12.8 Å². The SMILES string of the molecule is CCC(C)C(N)CN(CCOC)C(C)COC. The van der Waals surface area contributed by atoms with Crippen molar-refractivity contribution >= 4 is 0 Å². The number of nitrogens with two attached hydrogens (primary N) is 1. The number of ether oxygens (including phenoxy) is 2. The molecule has 2 N–H and O–H groups in total. The van der Waals surface area contributed by atoms with Crippen LogP contribution < -0.4 is 5.73 Å². The first-order chi connectivity index (χ1) is 8.06. The lowest BCUT2D eigenvalue weighted by Crippen LogP contribution is -2.47. The Morgan fingerprint density at radius 1 is 1.18 bits per heavy atom. The Labute approximate surface area is 106 Å². The molecule has 4 nitrogen and oxygen atoms in total. The van der Waals surface area contributed by atoms with Crippen LogP contribution >= 0.6 is 0 Å². The fraction of sp³-hybridized carbons (Fsp3) is 1.00. The van der Waals surface area contributed by atoms with Gasteiger partial charge in [0.05, 0.1) is 13.2 Å². The van der Waals surface area contributed by atoms with Gasteiger partial charge in [-0.25, -0.2) is 0 Å². The van der Waals surface area contributed by atoms with E-state index in [0.29, 0.717) is 12.0 Å². The smallest absolute Gasteiger partial charge is 0.0615 e. The van der Waals surface area contributed by atoms with Crippen molar-refractivity contribution in [3.05, 3.63) is 0 Å². The van der Waals surface area contributed by atoms with Gasteiger partial charge in [0.25, 0.3) is 0 Å². The van der Waals surface area contributed by atoms with E-state index < -0.39 is 0 Å². The van der Waals surface area contributed by atoms with Crippen molar-refractivity contribution in [1.29, 1.82) is 0 Å². The van der Waals surface area contributed by atoms with Gasteiger partial charge < -0.3 is 15.2 Å². The standard InChI is InChI=1S/C13H30N2O2/c1-6-11(2)13(14)9-15(7-8-16-4)12(3)10-17-5/h11-13H,6-10,14H2,1-5H3. The van der Waals surface area contributed by atoms with E-state index in [2.05, 4.69) is 25.7 Å². The highest BCUT2D eigenvalue weighted by Crippen LogP contribution is 2.09. The Balaban J connectivity index is 4.25. The maximum Gasteiger partial charge on any atom is 0.0615 e. The van der Waals surface area contributed by atoms with Crippen molar-refractivity contribution in [3.8, 4) is 0 Å². The zero-order chi connectivity index (χ0) is 13.3. The molecule has 0 aliphatic carbocycles. The molecule has 104 valence electrons. The Bertz CT molecular complexity index is 179. The summed E-state index contributed by atoms with van der Waals surface area (Å²) in [6.45, 7) is 9.84. The van der Waals surface area contributed by atoms with Crippen molar-refractivity contribution in [2.45, 2.75) is 39.3 Å². The molecule has 4 heteroatoms. The van der Waals surface area contributed by atoms with E-state index >= 15 is 0 Å². The minimum absolute atomic E-state index is 0.219. The van der Waals surface area contributed by atoms with E-state index in [1.54, 1.807) is 14.2 Å². The second-order valence-corrected chi connectivity index (χ2v) is 4.84. The third-order valence-corrected chi connectivity index (χ3v) is 3.43. The van der Waals surface area contributed by atoms with Crippen LogP contribution in [0.1, 0.15) is 27.2 Å². The molecule has 0 rings (SSSR count). The van der Waals surface area contributed by atoms with Crippen LogP contribution in [-0.2, 0) is 9.47 Å². The molecule has 3 atom stereocenters. The minimum Gasteiger partial charge on any atom is -0.383 e. The maximum absolute atomic E-state index is 6.21. The minimum atomic E-state index is 0.219. The van der Waals surface area contributed by atoms with E-state index in [4.69, 9.17) is 15.2 Å². The molecule has 0 radical (unpaired) electrons. The normalized spacial score (nSPS) is 17.1. The lowest BCUT2D eigenvalue weighted by molar-refractivity contribution is 0.0676. The van der Waals surface area contributed by atoms with Crippen LogP contribution in [0, 0.1) is 5.92 Å². The predicted octanol–water partition coefficient (Wildman–Crippen LogP) is 1.34. The van der Waals surface area contributed by atoms with Gasteiger partial charge in [-0.3, -0.25) is 4.90 Å². The first-order valence-corrected chi connectivity index (χ1v) is 6.54. The van der Waals surface area contributed by atoms with Gasteiger partial charge in [-0.1, -0.05) is 20.3 Å². The van der Waals surface area contributed by atoms with Gasteiger partial charge in [0.1, 0.15) is 0 Å². The van der Waals surface area contributed by atoms with Crippen molar-refractivity contribution < 1.29 is 9.47 Å². The van der Waals surface area contributed by atoms with Gasteiger partial charge in [0, 0.05) is 39.4 Å². The molecular formula is C13H30N2O2. The van der Waals surface area contributed by atoms with Crippen LogP contribution in [0.2, 0.25) is 0 Å². The highest BCUT2D eigenvalue weighted by atomic mass is 16.5. The van der Waals surface area contributed by atoms with Crippen LogP contribution in [0.3, 0.4) is 0 Å². The maximum atomic E-state index is 6.21. The van der Waals surface area contributed by atoms with Crippen molar-refractivity contribution in [2.75, 3.05) is 40.5 Å². The molecule has 0 aromatic rings. The van der Waals surface area contributed by atoms with Gasteiger partial charge in [0.2, 0.25) is 0 Å². The summed E-state index contributed by atoms with van der Waals surface area (Å²) in [4.78, 5) is 2.35. The van der Waals surface area contributed by atoms with Crippen LogP contribution in [0.15, 0.2) is 0 Å². The Hall–Kier alpha value is -0.160. The molecule has 0 aliphatic rings. The van der Waals surface area contributed by atoms with Gasteiger partial charge >= 0.3 is 0 Å². The summed E-state index contributed by atoms with van der Waals surface area (Å²) in [6, 6.07) is 0.599. The third kappa shape index (κ3) is 6.99. The Morgan fingerprint density at radius 3 is 2.29 bits per heavy atom. The molecule has 0 heterocycles. The van der Waals surface area contributed by atoms with Gasteiger partial charge in [-0.15, -0.1) is 0 Å². The fourth-order valence-corrected chi connectivity index (χ4v) is 1.80. The van der Waals surface area contributed by atoms with Crippen LogP contribution in [0.4, 0.5) is 0 Å². The first kappa shape index (κ1) is 16.8. The molecule has 0 saturated heterocycles. The predicted molar refractivity (Wildman–Crippen MR) is 72.2 cm³/mol. The topological polar surface area (TPSA) is 47.7 Å². The lowest BCUT2D eigenvalue weighted by atomic mass is 9.99. The lowest BCUT2D eigenvalue weighted by Gasteiger charge is -2.32. The number of nitrogens with zero attached hydrogens (tertiary/aromatic N) is 1. The van der Waals surface area contributed by atoms with Gasteiger partial charge in [0.15, 0.2) is 0 Å². The Kier molecular flexibility index (Phi) is 9.74. The summed E-state index contributed by atoms with van der Waals surface area (Å²) < 4.78 is 10.4.